The van der Waals surface area contributed by atoms with E-state index in [1.54, 1.807) is 19.0 Å². The van der Waals surface area contributed by atoms with Crippen molar-refractivity contribution < 1.29 is 21.9 Å². The highest BCUT2D eigenvalue weighted by Crippen LogP contribution is 2.15. The highest BCUT2D eigenvalue weighted by atomic mass is 32.2. The van der Waals surface area contributed by atoms with Crippen LogP contribution in [0.25, 0.3) is 0 Å². The number of halogens is 2. The molecule has 0 unspecified atom stereocenters. The van der Waals surface area contributed by atoms with Gasteiger partial charge in [-0.2, -0.15) is 0 Å². The predicted molar refractivity (Wildman–Crippen MR) is 104 cm³/mol. The van der Waals surface area contributed by atoms with E-state index in [2.05, 4.69) is 10.3 Å². The molecule has 0 spiro atoms. The molecule has 0 amide bonds. The number of benzene rings is 2. The van der Waals surface area contributed by atoms with Gasteiger partial charge in [0.25, 0.3) is 0 Å². The Morgan fingerprint density at radius 1 is 1.14 bits per heavy atom. The maximum Gasteiger partial charge on any atom is 0.193 e. The van der Waals surface area contributed by atoms with Gasteiger partial charge in [-0.3, -0.25) is 4.99 Å². The second-order valence-corrected chi connectivity index (χ2v) is 8.02. The summed E-state index contributed by atoms with van der Waals surface area (Å²) >= 11 is 0. The van der Waals surface area contributed by atoms with Crippen LogP contribution >= 0.6 is 0 Å². The number of likely N-dealkylation sites (N-methyl/N-ethyl adjacent to an activating group) is 1. The first-order valence-corrected chi connectivity index (χ1v) is 10.3. The zero-order valence-corrected chi connectivity index (χ0v) is 16.5. The van der Waals surface area contributed by atoms with E-state index in [4.69, 9.17) is 4.74 Å². The fourth-order valence-electron chi connectivity index (χ4n) is 2.43. The van der Waals surface area contributed by atoms with Crippen LogP contribution in [0.4, 0.5) is 8.78 Å². The first-order chi connectivity index (χ1) is 13.3. The van der Waals surface area contributed by atoms with Gasteiger partial charge in [0.05, 0.1) is 12.3 Å². The van der Waals surface area contributed by atoms with Gasteiger partial charge in [0, 0.05) is 20.6 Å². The summed E-state index contributed by atoms with van der Waals surface area (Å²) in [5, 5.41) is 2.94. The third kappa shape index (κ3) is 6.19. The van der Waals surface area contributed by atoms with E-state index in [1.165, 1.54) is 42.5 Å². The van der Waals surface area contributed by atoms with Gasteiger partial charge in [-0.1, -0.05) is 12.1 Å². The Morgan fingerprint density at radius 2 is 1.82 bits per heavy atom. The van der Waals surface area contributed by atoms with E-state index in [0.717, 1.165) is 6.07 Å². The number of nitrogens with one attached hydrogen (secondary N) is 1. The number of nitrogens with zero attached hydrogens (tertiary/aromatic N) is 2. The van der Waals surface area contributed by atoms with Crippen molar-refractivity contribution in [1.82, 2.24) is 10.2 Å². The lowest BCUT2D eigenvalue weighted by molar-refractivity contribution is 0.281. The van der Waals surface area contributed by atoms with Gasteiger partial charge in [0.15, 0.2) is 15.8 Å². The van der Waals surface area contributed by atoms with Crippen LogP contribution in [0.3, 0.4) is 0 Å². The quantitative estimate of drug-likeness (QED) is 0.533. The van der Waals surface area contributed by atoms with E-state index >= 15 is 0 Å². The van der Waals surface area contributed by atoms with Gasteiger partial charge in [-0.05, 0) is 36.4 Å². The highest BCUT2D eigenvalue weighted by molar-refractivity contribution is 7.91. The molecule has 0 saturated carbocycles. The zero-order chi connectivity index (χ0) is 20.6. The summed E-state index contributed by atoms with van der Waals surface area (Å²) in [4.78, 5) is 5.54. The second kappa shape index (κ2) is 10.0. The summed E-state index contributed by atoms with van der Waals surface area (Å²) in [6.07, 6.45) is 0. The van der Waals surface area contributed by atoms with Gasteiger partial charge >= 0.3 is 0 Å². The van der Waals surface area contributed by atoms with Crippen molar-refractivity contribution in [2.24, 2.45) is 4.99 Å². The van der Waals surface area contributed by atoms with E-state index < -0.39 is 15.7 Å². The minimum atomic E-state index is -3.74. The Hall–Kier alpha value is -2.68. The van der Waals surface area contributed by atoms with Crippen molar-refractivity contribution in [3.63, 3.8) is 0 Å². The van der Waals surface area contributed by atoms with Crippen LogP contribution in [0.15, 0.2) is 58.4 Å². The molecule has 0 aliphatic carbocycles. The number of aliphatic imine (C=N–C) groups is 1. The minimum Gasteiger partial charge on any atom is -0.492 e. The first kappa shape index (κ1) is 21.6. The van der Waals surface area contributed by atoms with E-state index in [1.807, 2.05) is 0 Å². The summed E-state index contributed by atoms with van der Waals surface area (Å²) < 4.78 is 56.6. The van der Waals surface area contributed by atoms with Gasteiger partial charge in [-0.25, -0.2) is 17.2 Å². The molecule has 0 aliphatic heterocycles. The largest absolute Gasteiger partial charge is 0.492 e. The molecule has 1 N–H and O–H groups in total. The van der Waals surface area contributed by atoms with E-state index in [-0.39, 0.29) is 23.0 Å². The number of ether oxygens (including phenoxy) is 1. The fraction of sp³-hybridized carbons (Fsp3) is 0.316. The third-order valence-electron chi connectivity index (χ3n) is 3.91. The SMILES string of the molecule is CN=C(NCCS(=O)(=O)c1ccccc1F)N(C)CCOc1ccc(F)cc1. The molecule has 0 aromatic heterocycles. The Kier molecular flexibility index (Phi) is 7.74. The summed E-state index contributed by atoms with van der Waals surface area (Å²) in [5.41, 5.74) is 0. The van der Waals surface area contributed by atoms with Gasteiger partial charge in [0.2, 0.25) is 0 Å². The lowest BCUT2D eigenvalue weighted by Crippen LogP contribution is -2.42. The van der Waals surface area contributed by atoms with Gasteiger partial charge < -0.3 is 15.0 Å². The Balaban J connectivity index is 1.81. The second-order valence-electron chi connectivity index (χ2n) is 5.95. The van der Waals surface area contributed by atoms with Gasteiger partial charge in [-0.15, -0.1) is 0 Å². The maximum absolute atomic E-state index is 13.7. The monoisotopic (exact) mass is 411 g/mol. The molecule has 6 nitrogen and oxygen atoms in total. The predicted octanol–water partition coefficient (Wildman–Crippen LogP) is 2.32. The molecule has 2 aromatic rings. The molecule has 0 heterocycles. The molecule has 2 aromatic carbocycles. The van der Waals surface area contributed by atoms with Crippen molar-refractivity contribution >= 4 is 15.8 Å². The molecule has 152 valence electrons. The van der Waals surface area contributed by atoms with Crippen LogP contribution in [0.5, 0.6) is 5.75 Å². The van der Waals surface area contributed by atoms with Crippen LogP contribution in [0.1, 0.15) is 0 Å². The van der Waals surface area contributed by atoms with Crippen molar-refractivity contribution in [3.8, 4) is 5.75 Å². The molecule has 28 heavy (non-hydrogen) atoms. The van der Waals surface area contributed by atoms with E-state index in [9.17, 15) is 17.2 Å². The van der Waals surface area contributed by atoms with Crippen LogP contribution in [0, 0.1) is 11.6 Å². The molecular formula is C19H23F2N3O3S. The average molecular weight is 411 g/mol. The Labute approximate surface area is 163 Å². The van der Waals surface area contributed by atoms with Crippen LogP contribution < -0.4 is 10.1 Å². The van der Waals surface area contributed by atoms with Crippen molar-refractivity contribution in [1.29, 1.82) is 0 Å². The average Bonchev–Trinajstić information content (AvgIpc) is 2.67. The van der Waals surface area contributed by atoms with Gasteiger partial charge in [0.1, 0.15) is 28.9 Å². The highest BCUT2D eigenvalue weighted by Gasteiger charge is 2.18. The molecule has 0 aliphatic rings. The zero-order valence-electron chi connectivity index (χ0n) is 15.7. The summed E-state index contributed by atoms with van der Waals surface area (Å²) in [6, 6.07) is 11.0. The lowest BCUT2D eigenvalue weighted by Gasteiger charge is -2.22. The molecule has 2 rings (SSSR count). The molecular weight excluding hydrogens is 388 g/mol. The molecule has 0 radical (unpaired) electrons. The van der Waals surface area contributed by atoms with Crippen LogP contribution in [-0.2, 0) is 9.84 Å². The summed E-state index contributed by atoms with van der Waals surface area (Å²) in [6.45, 7) is 0.875. The maximum atomic E-state index is 13.7. The first-order valence-electron chi connectivity index (χ1n) is 8.61. The molecule has 0 fully saturated rings. The standard InChI is InChI=1S/C19H23F2N3O3S/c1-22-19(24(2)12-13-27-16-9-7-15(20)8-10-16)23-11-14-28(25,26)18-6-4-3-5-17(18)21/h3-10H,11-14H2,1-2H3,(H,22,23). The van der Waals surface area contributed by atoms with E-state index in [0.29, 0.717) is 24.9 Å². The number of hydrogen-bond donors (Lipinski definition) is 1. The van der Waals surface area contributed by atoms with Crippen molar-refractivity contribution in [3.05, 3.63) is 60.2 Å². The van der Waals surface area contributed by atoms with Crippen LogP contribution in [0.2, 0.25) is 0 Å². The lowest BCUT2D eigenvalue weighted by atomic mass is 10.3. The summed E-state index contributed by atoms with van der Waals surface area (Å²) in [7, 11) is -0.396. The number of sulfone groups is 1. The summed E-state index contributed by atoms with van der Waals surface area (Å²) in [5.74, 6) is -0.339. The number of rotatable bonds is 8. The molecule has 0 atom stereocenters. The molecule has 0 bridgehead atoms. The Morgan fingerprint density at radius 3 is 2.46 bits per heavy atom. The normalized spacial score (nSPS) is 11.9. The molecule has 0 saturated heterocycles. The minimum absolute atomic E-state index is 0.0759. The third-order valence-corrected chi connectivity index (χ3v) is 5.65. The smallest absolute Gasteiger partial charge is 0.193 e. The number of hydrogen-bond acceptors (Lipinski definition) is 4. The molecule has 9 heteroatoms. The Bertz CT molecular complexity index is 903. The fourth-order valence-corrected chi connectivity index (χ4v) is 3.67. The topological polar surface area (TPSA) is 71.0 Å². The van der Waals surface area contributed by atoms with Crippen LogP contribution in [-0.4, -0.2) is 58.8 Å². The number of guanidine groups is 1. The van der Waals surface area contributed by atoms with Crippen molar-refractivity contribution in [2.45, 2.75) is 4.90 Å². The van der Waals surface area contributed by atoms with Crippen molar-refractivity contribution in [2.75, 3.05) is 39.5 Å².